The monoisotopic (exact) mass is 379 g/mol. The first-order valence-electron chi connectivity index (χ1n) is 8.52. The smallest absolute Gasteiger partial charge is 0.390 e. The van der Waals surface area contributed by atoms with Crippen molar-refractivity contribution in [2.24, 2.45) is 0 Å². The van der Waals surface area contributed by atoms with Crippen LogP contribution in [0.25, 0.3) is 0 Å². The molecule has 1 fully saturated rings. The highest BCUT2D eigenvalue weighted by atomic mass is 32.2. The molecule has 0 bridgehead atoms. The summed E-state index contributed by atoms with van der Waals surface area (Å²) < 4.78 is 68.7. The van der Waals surface area contributed by atoms with Crippen LogP contribution in [-0.2, 0) is 10.0 Å². The third-order valence-corrected chi connectivity index (χ3v) is 5.66. The number of sulfonamides is 1. The summed E-state index contributed by atoms with van der Waals surface area (Å²) in [6.45, 7) is 1.78. The highest BCUT2D eigenvalue weighted by Gasteiger charge is 2.30. The minimum absolute atomic E-state index is 0.230. The number of nitrogens with one attached hydrogen (secondary N) is 1. The highest BCUT2D eigenvalue weighted by molar-refractivity contribution is 7.89. The van der Waals surface area contributed by atoms with E-state index in [1.54, 1.807) is 31.2 Å². The van der Waals surface area contributed by atoms with Crippen molar-refractivity contribution in [3.05, 3.63) is 29.8 Å². The fourth-order valence-corrected chi connectivity index (χ4v) is 4.24. The maximum Gasteiger partial charge on any atom is 0.390 e. The Bertz CT molecular complexity index is 638. The van der Waals surface area contributed by atoms with E-state index in [1.165, 1.54) is 12.8 Å². The molecule has 0 aliphatic heterocycles. The molecule has 25 heavy (non-hydrogen) atoms. The van der Waals surface area contributed by atoms with Crippen LogP contribution in [0.3, 0.4) is 0 Å². The number of rotatable bonds is 8. The summed E-state index contributed by atoms with van der Waals surface area (Å²) in [6.07, 6.45) is -0.762. The van der Waals surface area contributed by atoms with Gasteiger partial charge in [0.25, 0.3) is 0 Å². The SMILES string of the molecule is CCC(NS(=O)(=O)CCC(F)(F)F)c1ccc(OC2CCCC2)cc1. The van der Waals surface area contributed by atoms with E-state index in [1.807, 2.05) is 0 Å². The molecule has 4 nitrogen and oxygen atoms in total. The normalized spacial score (nSPS) is 17.6. The molecule has 142 valence electrons. The fraction of sp³-hybridized carbons (Fsp3) is 0.647. The number of alkyl halides is 3. The number of benzene rings is 1. The van der Waals surface area contributed by atoms with Gasteiger partial charge in [-0.15, -0.1) is 0 Å². The van der Waals surface area contributed by atoms with Crippen molar-refractivity contribution in [2.75, 3.05) is 5.75 Å². The molecule has 8 heteroatoms. The summed E-state index contributed by atoms with van der Waals surface area (Å²) in [4.78, 5) is 0. The summed E-state index contributed by atoms with van der Waals surface area (Å²) >= 11 is 0. The first-order valence-corrected chi connectivity index (χ1v) is 10.2. The lowest BCUT2D eigenvalue weighted by molar-refractivity contribution is -0.130. The van der Waals surface area contributed by atoms with Gasteiger partial charge in [0.1, 0.15) is 5.75 Å². The van der Waals surface area contributed by atoms with E-state index in [4.69, 9.17) is 4.74 Å². The Hall–Kier alpha value is -1.28. The summed E-state index contributed by atoms with van der Waals surface area (Å²) in [6, 6.07) is 6.51. The third kappa shape index (κ3) is 6.86. The highest BCUT2D eigenvalue weighted by Crippen LogP contribution is 2.26. The lowest BCUT2D eigenvalue weighted by Crippen LogP contribution is -2.32. The Morgan fingerprint density at radius 1 is 1.20 bits per heavy atom. The van der Waals surface area contributed by atoms with Gasteiger partial charge in [0.2, 0.25) is 10.0 Å². The Morgan fingerprint density at radius 2 is 1.80 bits per heavy atom. The van der Waals surface area contributed by atoms with Crippen LogP contribution in [0.5, 0.6) is 5.75 Å². The van der Waals surface area contributed by atoms with Gasteiger partial charge in [0.15, 0.2) is 0 Å². The molecule has 0 amide bonds. The Labute approximate surface area is 146 Å². The molecule has 1 aromatic rings. The second-order valence-electron chi connectivity index (χ2n) is 6.36. The van der Waals surface area contributed by atoms with Crippen molar-refractivity contribution in [1.82, 2.24) is 4.72 Å². The summed E-state index contributed by atoms with van der Waals surface area (Å²) in [5.41, 5.74) is 0.705. The Kier molecular flexibility index (Phi) is 6.73. The van der Waals surface area contributed by atoms with Gasteiger partial charge in [-0.2, -0.15) is 13.2 Å². The first kappa shape index (κ1) is 20.0. The van der Waals surface area contributed by atoms with Gasteiger partial charge in [-0.25, -0.2) is 13.1 Å². The number of hydrogen-bond donors (Lipinski definition) is 1. The predicted octanol–water partition coefficient (Wildman–Crippen LogP) is 4.33. The molecule has 2 rings (SSSR count). The maximum absolute atomic E-state index is 12.2. The zero-order valence-corrected chi connectivity index (χ0v) is 15.0. The molecule has 0 aromatic heterocycles. The van der Waals surface area contributed by atoms with Crippen LogP contribution in [0.2, 0.25) is 0 Å². The molecule has 0 radical (unpaired) electrons. The minimum atomic E-state index is -4.49. The van der Waals surface area contributed by atoms with Crippen LogP contribution in [-0.4, -0.2) is 26.5 Å². The van der Waals surface area contributed by atoms with Gasteiger partial charge in [-0.3, -0.25) is 0 Å². The first-order chi connectivity index (χ1) is 11.7. The number of hydrogen-bond acceptors (Lipinski definition) is 3. The summed E-state index contributed by atoms with van der Waals surface area (Å²) in [7, 11) is -4.00. The van der Waals surface area contributed by atoms with Gasteiger partial charge in [-0.1, -0.05) is 19.1 Å². The summed E-state index contributed by atoms with van der Waals surface area (Å²) in [5, 5.41) is 0. The van der Waals surface area contributed by atoms with E-state index in [0.29, 0.717) is 12.0 Å². The molecule has 1 atom stereocenters. The van der Waals surface area contributed by atoms with Gasteiger partial charge < -0.3 is 4.74 Å². The molecule has 1 aliphatic rings. The predicted molar refractivity (Wildman–Crippen MR) is 90.0 cm³/mol. The molecular weight excluding hydrogens is 355 g/mol. The second-order valence-corrected chi connectivity index (χ2v) is 8.23. The second kappa shape index (κ2) is 8.40. The quantitative estimate of drug-likeness (QED) is 0.731. The molecule has 0 spiro atoms. The van der Waals surface area contributed by atoms with Crippen LogP contribution in [0, 0.1) is 0 Å². The number of halogens is 3. The van der Waals surface area contributed by atoms with Gasteiger partial charge in [-0.05, 0) is 49.8 Å². The van der Waals surface area contributed by atoms with Crippen LogP contribution in [0.1, 0.15) is 57.1 Å². The Balaban J connectivity index is 1.97. The van der Waals surface area contributed by atoms with Gasteiger partial charge in [0.05, 0.1) is 18.3 Å². The van der Waals surface area contributed by atoms with Crippen molar-refractivity contribution in [2.45, 2.75) is 63.8 Å². The van der Waals surface area contributed by atoms with E-state index < -0.39 is 34.4 Å². The number of ether oxygens (including phenoxy) is 1. The molecule has 1 N–H and O–H groups in total. The van der Waals surface area contributed by atoms with Crippen LogP contribution < -0.4 is 9.46 Å². The molecule has 1 unspecified atom stereocenters. The standard InChI is InChI=1S/C17H24F3NO3S/c1-2-16(21-25(22,23)12-11-17(18,19)20)13-7-9-15(10-8-13)24-14-5-3-4-6-14/h7-10,14,16,21H,2-6,11-12H2,1H3. The van der Waals surface area contributed by atoms with E-state index in [-0.39, 0.29) is 6.10 Å². The fourth-order valence-electron chi connectivity index (χ4n) is 2.89. The van der Waals surface area contributed by atoms with Crippen molar-refractivity contribution in [3.63, 3.8) is 0 Å². The summed E-state index contributed by atoms with van der Waals surface area (Å²) in [5.74, 6) is -0.235. The van der Waals surface area contributed by atoms with Crippen LogP contribution in [0.4, 0.5) is 13.2 Å². The lowest BCUT2D eigenvalue weighted by Gasteiger charge is -2.19. The Morgan fingerprint density at radius 3 is 2.32 bits per heavy atom. The molecule has 1 aromatic carbocycles. The van der Waals surface area contributed by atoms with Crippen molar-refractivity contribution < 1.29 is 26.3 Å². The van der Waals surface area contributed by atoms with Gasteiger partial charge >= 0.3 is 6.18 Å². The van der Waals surface area contributed by atoms with Gasteiger partial charge in [0, 0.05) is 6.04 Å². The maximum atomic E-state index is 12.2. The molecule has 0 saturated heterocycles. The molecule has 1 aliphatic carbocycles. The lowest BCUT2D eigenvalue weighted by atomic mass is 10.1. The molecular formula is C17H24F3NO3S. The van der Waals surface area contributed by atoms with Crippen LogP contribution in [0.15, 0.2) is 24.3 Å². The average molecular weight is 379 g/mol. The van der Waals surface area contributed by atoms with Crippen LogP contribution >= 0.6 is 0 Å². The van der Waals surface area contributed by atoms with E-state index in [9.17, 15) is 21.6 Å². The van der Waals surface area contributed by atoms with E-state index >= 15 is 0 Å². The van der Waals surface area contributed by atoms with Crippen molar-refractivity contribution in [3.8, 4) is 5.75 Å². The van der Waals surface area contributed by atoms with Crippen molar-refractivity contribution >= 4 is 10.0 Å². The third-order valence-electron chi connectivity index (χ3n) is 4.27. The topological polar surface area (TPSA) is 55.4 Å². The zero-order chi connectivity index (χ0) is 18.5. The van der Waals surface area contributed by atoms with E-state index in [0.717, 1.165) is 18.6 Å². The molecule has 1 saturated carbocycles. The van der Waals surface area contributed by atoms with E-state index in [2.05, 4.69) is 4.72 Å². The minimum Gasteiger partial charge on any atom is -0.490 e. The molecule has 0 heterocycles. The average Bonchev–Trinajstić information content (AvgIpc) is 3.04. The van der Waals surface area contributed by atoms with Crippen molar-refractivity contribution in [1.29, 1.82) is 0 Å². The zero-order valence-electron chi connectivity index (χ0n) is 14.2. The largest absolute Gasteiger partial charge is 0.490 e.